The molecule has 0 unspecified atom stereocenters. The molecule has 1 aliphatic carbocycles. The minimum Gasteiger partial charge on any atom is -0.496 e. The average molecular weight is 274 g/mol. The van der Waals surface area contributed by atoms with E-state index in [4.69, 9.17) is 4.74 Å². The summed E-state index contributed by atoms with van der Waals surface area (Å²) in [6.07, 6.45) is 2.83. The smallest absolute Gasteiger partial charge is 0.166 e. The fraction of sp³-hybridized carbons (Fsp3) is 0.611. The molecule has 1 aromatic rings. The molecule has 0 spiro atoms. The number of ketones is 1. The molecule has 0 amide bonds. The van der Waals surface area contributed by atoms with E-state index in [1.165, 1.54) is 11.1 Å². The van der Waals surface area contributed by atoms with Gasteiger partial charge in [0.1, 0.15) is 5.75 Å². The van der Waals surface area contributed by atoms with Gasteiger partial charge in [-0.05, 0) is 46.9 Å². The summed E-state index contributed by atoms with van der Waals surface area (Å²) in [5, 5.41) is 0. The van der Waals surface area contributed by atoms with E-state index in [1.807, 2.05) is 6.92 Å². The first kappa shape index (κ1) is 15.1. The Kier molecular flexibility index (Phi) is 3.70. The molecule has 2 nitrogen and oxygen atoms in total. The highest BCUT2D eigenvalue weighted by atomic mass is 16.5. The van der Waals surface area contributed by atoms with Crippen LogP contribution in [0.15, 0.2) is 12.1 Å². The predicted molar refractivity (Wildman–Crippen MR) is 82.9 cm³/mol. The molecule has 0 N–H and O–H groups in total. The molecule has 1 aliphatic rings. The summed E-state index contributed by atoms with van der Waals surface area (Å²) in [5.74, 6) is 0.880. The molecule has 2 rings (SSSR count). The standard InChI is InChI=1S/C18H26O2/c1-7-15(19)12-10-13-14(11-16(12)20-6)18(4,5)9-8-17(13,2)3/h10-11H,7-9H2,1-6H3. The van der Waals surface area contributed by atoms with Crippen LogP contribution in [-0.4, -0.2) is 12.9 Å². The van der Waals surface area contributed by atoms with Crippen molar-refractivity contribution in [2.75, 3.05) is 7.11 Å². The fourth-order valence-corrected chi connectivity index (χ4v) is 3.17. The number of hydrogen-bond acceptors (Lipinski definition) is 2. The number of ether oxygens (including phenoxy) is 1. The Morgan fingerprint density at radius 1 is 1.10 bits per heavy atom. The van der Waals surface area contributed by atoms with Crippen molar-refractivity contribution < 1.29 is 9.53 Å². The summed E-state index contributed by atoms with van der Waals surface area (Å²) in [6.45, 7) is 11.0. The number of benzene rings is 1. The van der Waals surface area contributed by atoms with Crippen molar-refractivity contribution in [2.45, 2.75) is 64.7 Å². The summed E-state index contributed by atoms with van der Waals surface area (Å²) in [5.41, 5.74) is 3.65. The highest BCUT2D eigenvalue weighted by molar-refractivity contribution is 5.99. The molecular formula is C18H26O2. The Morgan fingerprint density at radius 3 is 2.05 bits per heavy atom. The highest BCUT2D eigenvalue weighted by Gasteiger charge is 2.38. The normalized spacial score (nSPS) is 19.3. The zero-order chi connectivity index (χ0) is 15.1. The monoisotopic (exact) mass is 274 g/mol. The van der Waals surface area contributed by atoms with Gasteiger partial charge >= 0.3 is 0 Å². The van der Waals surface area contributed by atoms with E-state index in [9.17, 15) is 4.79 Å². The molecule has 0 saturated carbocycles. The first-order valence-corrected chi connectivity index (χ1v) is 7.49. The lowest BCUT2D eigenvalue weighted by molar-refractivity contribution is 0.0985. The quantitative estimate of drug-likeness (QED) is 0.751. The van der Waals surface area contributed by atoms with E-state index in [-0.39, 0.29) is 16.6 Å². The van der Waals surface area contributed by atoms with Gasteiger partial charge in [-0.1, -0.05) is 34.6 Å². The number of carbonyl (C=O) groups excluding carboxylic acids is 1. The van der Waals surface area contributed by atoms with Crippen molar-refractivity contribution in [3.8, 4) is 5.75 Å². The SMILES string of the molecule is CCC(=O)c1cc2c(cc1OC)C(C)(C)CCC2(C)C. The zero-order valence-electron chi connectivity index (χ0n) is 13.6. The maximum atomic E-state index is 12.2. The third-order valence-electron chi connectivity index (χ3n) is 4.79. The van der Waals surface area contributed by atoms with Crippen molar-refractivity contribution in [2.24, 2.45) is 0 Å². The molecule has 2 heteroatoms. The molecule has 110 valence electrons. The summed E-state index contributed by atoms with van der Waals surface area (Å²) >= 11 is 0. The Morgan fingerprint density at radius 2 is 1.60 bits per heavy atom. The van der Waals surface area contributed by atoms with E-state index in [1.54, 1.807) is 7.11 Å². The molecule has 0 heterocycles. The van der Waals surface area contributed by atoms with Gasteiger partial charge in [0.25, 0.3) is 0 Å². The van der Waals surface area contributed by atoms with Crippen LogP contribution < -0.4 is 4.74 Å². The Balaban J connectivity index is 2.71. The van der Waals surface area contributed by atoms with Crippen LogP contribution in [0, 0.1) is 0 Å². The van der Waals surface area contributed by atoms with Gasteiger partial charge in [0.2, 0.25) is 0 Å². The van der Waals surface area contributed by atoms with Crippen molar-refractivity contribution in [1.29, 1.82) is 0 Å². The van der Waals surface area contributed by atoms with Gasteiger partial charge in [0.15, 0.2) is 5.78 Å². The fourth-order valence-electron chi connectivity index (χ4n) is 3.17. The second-order valence-electron chi connectivity index (χ2n) is 7.14. The molecule has 0 bridgehead atoms. The van der Waals surface area contributed by atoms with Crippen LogP contribution in [0.2, 0.25) is 0 Å². The first-order chi connectivity index (χ1) is 9.23. The van der Waals surface area contributed by atoms with E-state index in [2.05, 4.69) is 39.8 Å². The number of hydrogen-bond donors (Lipinski definition) is 0. The van der Waals surface area contributed by atoms with Gasteiger partial charge in [-0.15, -0.1) is 0 Å². The van der Waals surface area contributed by atoms with E-state index < -0.39 is 0 Å². The summed E-state index contributed by atoms with van der Waals surface area (Å²) in [6, 6.07) is 4.18. The van der Waals surface area contributed by atoms with Crippen LogP contribution in [0.25, 0.3) is 0 Å². The maximum absolute atomic E-state index is 12.2. The van der Waals surface area contributed by atoms with Crippen molar-refractivity contribution in [3.05, 3.63) is 28.8 Å². The molecule has 0 aliphatic heterocycles. The summed E-state index contributed by atoms with van der Waals surface area (Å²) in [7, 11) is 1.65. The molecule has 0 radical (unpaired) electrons. The zero-order valence-corrected chi connectivity index (χ0v) is 13.6. The minimum atomic E-state index is 0.125. The molecule has 1 aromatic carbocycles. The lowest BCUT2D eigenvalue weighted by Crippen LogP contribution is -2.34. The lowest BCUT2D eigenvalue weighted by Gasteiger charge is -2.42. The van der Waals surface area contributed by atoms with Gasteiger partial charge in [-0.2, -0.15) is 0 Å². The maximum Gasteiger partial charge on any atom is 0.166 e. The molecule has 0 aromatic heterocycles. The highest BCUT2D eigenvalue weighted by Crippen LogP contribution is 2.47. The van der Waals surface area contributed by atoms with E-state index >= 15 is 0 Å². The van der Waals surface area contributed by atoms with Crippen LogP contribution in [0.4, 0.5) is 0 Å². The van der Waals surface area contributed by atoms with Crippen molar-refractivity contribution in [1.82, 2.24) is 0 Å². The third kappa shape index (κ3) is 2.36. The van der Waals surface area contributed by atoms with Crippen LogP contribution >= 0.6 is 0 Å². The van der Waals surface area contributed by atoms with E-state index in [0.717, 1.165) is 24.2 Å². The largest absolute Gasteiger partial charge is 0.496 e. The van der Waals surface area contributed by atoms with Gasteiger partial charge in [-0.25, -0.2) is 0 Å². The molecule has 20 heavy (non-hydrogen) atoms. The van der Waals surface area contributed by atoms with Crippen molar-refractivity contribution >= 4 is 5.78 Å². The molecule has 0 saturated heterocycles. The topological polar surface area (TPSA) is 26.3 Å². The Labute approximate surface area is 122 Å². The van der Waals surface area contributed by atoms with Gasteiger partial charge in [-0.3, -0.25) is 4.79 Å². The number of fused-ring (bicyclic) bond motifs is 1. The Hall–Kier alpha value is -1.31. The van der Waals surface area contributed by atoms with Gasteiger partial charge in [0.05, 0.1) is 12.7 Å². The van der Waals surface area contributed by atoms with Gasteiger partial charge in [0, 0.05) is 6.42 Å². The number of methoxy groups -OCH3 is 1. The minimum absolute atomic E-state index is 0.125. The van der Waals surface area contributed by atoms with E-state index in [0.29, 0.717) is 6.42 Å². The summed E-state index contributed by atoms with van der Waals surface area (Å²) in [4.78, 5) is 12.2. The molecule has 0 atom stereocenters. The lowest BCUT2D eigenvalue weighted by atomic mass is 9.63. The second kappa shape index (κ2) is 4.91. The number of Topliss-reactive ketones (excluding diaryl/α,β-unsaturated/α-hetero) is 1. The van der Waals surface area contributed by atoms with Gasteiger partial charge < -0.3 is 4.74 Å². The third-order valence-corrected chi connectivity index (χ3v) is 4.79. The summed E-state index contributed by atoms with van der Waals surface area (Å²) < 4.78 is 5.48. The number of rotatable bonds is 3. The first-order valence-electron chi connectivity index (χ1n) is 7.49. The second-order valence-corrected chi connectivity index (χ2v) is 7.14. The number of carbonyl (C=O) groups is 1. The molecule has 0 fully saturated rings. The van der Waals surface area contributed by atoms with Crippen LogP contribution in [0.3, 0.4) is 0 Å². The van der Waals surface area contributed by atoms with Crippen LogP contribution in [0.1, 0.15) is 75.4 Å². The van der Waals surface area contributed by atoms with Crippen molar-refractivity contribution in [3.63, 3.8) is 0 Å². The molecular weight excluding hydrogens is 248 g/mol. The Bertz CT molecular complexity index is 539. The van der Waals surface area contributed by atoms with Crippen LogP contribution in [-0.2, 0) is 10.8 Å². The predicted octanol–water partition coefficient (Wildman–Crippen LogP) is 4.64. The average Bonchev–Trinajstić information content (AvgIpc) is 2.42. The van der Waals surface area contributed by atoms with Crippen LogP contribution in [0.5, 0.6) is 5.75 Å².